The molecule has 0 heterocycles. The minimum Gasteiger partial charge on any atom is -0.481 e. The standard InChI is InChI=1S/C13H19F3N2O3/c1-18(5-4-13(14,15)16)12(21)17-10-8-3-2-7(6-8)9(10)11(19)20/h7-10H,2-6H2,1H3,(H,17,21)(H,19,20). The fraction of sp³-hybridized carbons (Fsp3) is 0.846. The predicted molar refractivity (Wildman–Crippen MR) is 67.6 cm³/mol. The van der Waals surface area contributed by atoms with E-state index < -0.39 is 43.1 Å². The van der Waals surface area contributed by atoms with Crippen molar-refractivity contribution in [1.82, 2.24) is 10.2 Å². The van der Waals surface area contributed by atoms with E-state index in [9.17, 15) is 27.9 Å². The van der Waals surface area contributed by atoms with Gasteiger partial charge in [-0.3, -0.25) is 4.79 Å². The first-order valence-electron chi connectivity index (χ1n) is 7.00. The number of carboxylic acid groups (broad SMARTS) is 1. The highest BCUT2D eigenvalue weighted by Crippen LogP contribution is 2.48. The third-order valence-electron chi connectivity index (χ3n) is 4.57. The van der Waals surface area contributed by atoms with Crippen molar-refractivity contribution in [2.75, 3.05) is 13.6 Å². The van der Waals surface area contributed by atoms with Gasteiger partial charge in [0.1, 0.15) is 0 Å². The van der Waals surface area contributed by atoms with Crippen molar-refractivity contribution in [3.05, 3.63) is 0 Å². The molecule has 21 heavy (non-hydrogen) atoms. The molecule has 0 aromatic heterocycles. The molecule has 2 fully saturated rings. The number of nitrogens with zero attached hydrogens (tertiary/aromatic N) is 1. The maximum Gasteiger partial charge on any atom is 0.390 e. The van der Waals surface area contributed by atoms with Gasteiger partial charge in [-0.15, -0.1) is 0 Å². The van der Waals surface area contributed by atoms with Crippen molar-refractivity contribution in [3.63, 3.8) is 0 Å². The van der Waals surface area contributed by atoms with Crippen molar-refractivity contribution < 1.29 is 27.9 Å². The number of carbonyl (C=O) groups excluding carboxylic acids is 1. The molecule has 2 amide bonds. The molecule has 0 spiro atoms. The van der Waals surface area contributed by atoms with Gasteiger partial charge in [-0.1, -0.05) is 0 Å². The van der Waals surface area contributed by atoms with Crippen molar-refractivity contribution in [2.24, 2.45) is 17.8 Å². The Bertz CT molecular complexity index is 427. The topological polar surface area (TPSA) is 69.6 Å². The van der Waals surface area contributed by atoms with Gasteiger partial charge in [0, 0.05) is 19.6 Å². The Hall–Kier alpha value is -1.47. The van der Waals surface area contributed by atoms with Crippen LogP contribution in [-0.2, 0) is 4.79 Å². The van der Waals surface area contributed by atoms with E-state index in [2.05, 4.69) is 5.32 Å². The molecule has 8 heteroatoms. The number of halogens is 3. The fourth-order valence-corrected chi connectivity index (χ4v) is 3.50. The number of carboxylic acids is 1. The summed E-state index contributed by atoms with van der Waals surface area (Å²) < 4.78 is 36.4. The second kappa shape index (κ2) is 5.73. The quantitative estimate of drug-likeness (QED) is 0.835. The van der Waals surface area contributed by atoms with E-state index in [1.165, 1.54) is 7.05 Å². The van der Waals surface area contributed by atoms with Crippen molar-refractivity contribution in [3.8, 4) is 0 Å². The highest BCUT2D eigenvalue weighted by Gasteiger charge is 2.51. The van der Waals surface area contributed by atoms with E-state index >= 15 is 0 Å². The zero-order chi connectivity index (χ0) is 15.8. The van der Waals surface area contributed by atoms with Gasteiger partial charge >= 0.3 is 18.2 Å². The third kappa shape index (κ3) is 3.59. The van der Waals surface area contributed by atoms with Crippen LogP contribution in [0, 0.1) is 17.8 Å². The number of aliphatic carboxylic acids is 1. The van der Waals surface area contributed by atoms with Gasteiger partial charge in [0.05, 0.1) is 12.3 Å². The average Bonchev–Trinajstić information content (AvgIpc) is 2.95. The monoisotopic (exact) mass is 308 g/mol. The van der Waals surface area contributed by atoms with Crippen LogP contribution < -0.4 is 5.32 Å². The normalized spacial score (nSPS) is 31.2. The Balaban J connectivity index is 1.91. The summed E-state index contributed by atoms with van der Waals surface area (Å²) in [5, 5.41) is 11.9. The smallest absolute Gasteiger partial charge is 0.390 e. The lowest BCUT2D eigenvalue weighted by molar-refractivity contribution is -0.144. The minimum atomic E-state index is -4.31. The van der Waals surface area contributed by atoms with E-state index in [1.54, 1.807) is 0 Å². The van der Waals surface area contributed by atoms with Crippen LogP contribution in [0.25, 0.3) is 0 Å². The Labute approximate surface area is 120 Å². The van der Waals surface area contributed by atoms with Gasteiger partial charge in [0.2, 0.25) is 0 Å². The Morgan fingerprint density at radius 1 is 1.29 bits per heavy atom. The number of urea groups is 1. The number of fused-ring (bicyclic) bond motifs is 2. The van der Waals surface area contributed by atoms with E-state index in [0.717, 1.165) is 24.2 Å². The molecule has 2 aliphatic rings. The largest absolute Gasteiger partial charge is 0.481 e. The van der Waals surface area contributed by atoms with Gasteiger partial charge in [-0.2, -0.15) is 13.2 Å². The van der Waals surface area contributed by atoms with Crippen molar-refractivity contribution in [2.45, 2.75) is 37.9 Å². The summed E-state index contributed by atoms with van der Waals surface area (Å²) in [6.45, 7) is -0.437. The number of hydrogen-bond acceptors (Lipinski definition) is 2. The number of alkyl halides is 3. The molecule has 0 aliphatic heterocycles. The molecule has 2 bridgehead atoms. The molecule has 2 rings (SSSR count). The van der Waals surface area contributed by atoms with Crippen LogP contribution in [0.5, 0.6) is 0 Å². The third-order valence-corrected chi connectivity index (χ3v) is 4.57. The number of nitrogens with one attached hydrogen (secondary N) is 1. The molecule has 0 radical (unpaired) electrons. The van der Waals surface area contributed by atoms with E-state index in [-0.39, 0.29) is 11.8 Å². The lowest BCUT2D eigenvalue weighted by atomic mass is 9.84. The first-order valence-corrected chi connectivity index (χ1v) is 7.00. The Kier molecular flexibility index (Phi) is 4.34. The molecule has 0 saturated heterocycles. The summed E-state index contributed by atoms with van der Waals surface area (Å²) in [4.78, 5) is 24.2. The predicted octanol–water partition coefficient (Wildman–Crippen LogP) is 2.08. The molecule has 4 unspecified atom stereocenters. The second-order valence-electron chi connectivity index (χ2n) is 5.96. The van der Waals surface area contributed by atoms with Gasteiger partial charge < -0.3 is 15.3 Å². The van der Waals surface area contributed by atoms with Crippen molar-refractivity contribution >= 4 is 12.0 Å². The highest BCUT2D eigenvalue weighted by atomic mass is 19.4. The van der Waals surface area contributed by atoms with Crippen molar-refractivity contribution in [1.29, 1.82) is 0 Å². The van der Waals surface area contributed by atoms with Crippen LogP contribution in [-0.4, -0.2) is 47.8 Å². The average molecular weight is 308 g/mol. The van der Waals surface area contributed by atoms with Gasteiger partial charge in [-0.05, 0) is 31.1 Å². The SMILES string of the molecule is CN(CCC(F)(F)F)C(=O)NC1C2CCC(C2)C1C(=O)O. The van der Waals surface area contributed by atoms with Crippen LogP contribution >= 0.6 is 0 Å². The molecule has 0 aromatic rings. The van der Waals surface area contributed by atoms with Crippen LogP contribution in [0.15, 0.2) is 0 Å². The molecule has 2 aliphatic carbocycles. The van der Waals surface area contributed by atoms with Crippen LogP contribution in [0.4, 0.5) is 18.0 Å². The van der Waals surface area contributed by atoms with E-state index in [1.807, 2.05) is 0 Å². The lowest BCUT2D eigenvalue weighted by Gasteiger charge is -2.30. The maximum atomic E-state index is 12.1. The van der Waals surface area contributed by atoms with Gasteiger partial charge in [-0.25, -0.2) is 4.79 Å². The maximum absolute atomic E-state index is 12.1. The number of amides is 2. The summed E-state index contributed by atoms with van der Waals surface area (Å²) in [6, 6.07) is -1.11. The zero-order valence-electron chi connectivity index (χ0n) is 11.7. The minimum absolute atomic E-state index is 0.0679. The summed E-state index contributed by atoms with van der Waals surface area (Å²) >= 11 is 0. The van der Waals surface area contributed by atoms with E-state index in [0.29, 0.717) is 0 Å². The number of rotatable bonds is 4. The highest BCUT2D eigenvalue weighted by molar-refractivity contribution is 5.77. The van der Waals surface area contributed by atoms with Crippen LogP contribution in [0.1, 0.15) is 25.7 Å². The summed E-state index contributed by atoms with van der Waals surface area (Å²) in [5.74, 6) is -1.37. The number of carbonyl (C=O) groups is 2. The molecule has 4 atom stereocenters. The first kappa shape index (κ1) is 15.9. The van der Waals surface area contributed by atoms with Crippen LogP contribution in [0.3, 0.4) is 0 Å². The summed E-state index contributed by atoms with van der Waals surface area (Å²) in [7, 11) is 1.28. The van der Waals surface area contributed by atoms with E-state index in [4.69, 9.17) is 0 Å². The fourth-order valence-electron chi connectivity index (χ4n) is 3.50. The Morgan fingerprint density at radius 3 is 2.48 bits per heavy atom. The molecule has 0 aromatic carbocycles. The molecule has 2 N–H and O–H groups in total. The molecule has 5 nitrogen and oxygen atoms in total. The summed E-state index contributed by atoms with van der Waals surface area (Å²) in [6.07, 6.45) is -2.90. The zero-order valence-corrected chi connectivity index (χ0v) is 11.7. The molecule has 2 saturated carbocycles. The number of hydrogen-bond donors (Lipinski definition) is 2. The molecular formula is C13H19F3N2O3. The Morgan fingerprint density at radius 2 is 1.90 bits per heavy atom. The van der Waals surface area contributed by atoms with Crippen LogP contribution in [0.2, 0.25) is 0 Å². The molecule has 120 valence electrons. The second-order valence-corrected chi connectivity index (χ2v) is 5.96. The van der Waals surface area contributed by atoms with Gasteiger partial charge in [0.15, 0.2) is 0 Å². The first-order chi connectivity index (χ1) is 9.69. The lowest BCUT2D eigenvalue weighted by Crippen LogP contribution is -2.51. The molecular weight excluding hydrogens is 289 g/mol. The van der Waals surface area contributed by atoms with Gasteiger partial charge in [0.25, 0.3) is 0 Å². The summed E-state index contributed by atoms with van der Waals surface area (Å²) in [5.41, 5.74) is 0.